The zero-order valence-corrected chi connectivity index (χ0v) is 5.72. The molecule has 0 saturated carbocycles. The molecule has 0 bridgehead atoms. The summed E-state index contributed by atoms with van der Waals surface area (Å²) in [5, 5.41) is 1.68. The Morgan fingerprint density at radius 2 is 1.88 bits per heavy atom. The lowest BCUT2D eigenvalue weighted by Crippen LogP contribution is -2.33. The number of rotatable bonds is 0. The van der Waals surface area contributed by atoms with Gasteiger partial charge in [0, 0.05) is 0 Å². The van der Waals surface area contributed by atoms with Gasteiger partial charge in [0.25, 0.3) is 0 Å². The van der Waals surface area contributed by atoms with Crippen molar-refractivity contribution in [1.29, 1.82) is 0 Å². The molecule has 0 aromatic carbocycles. The van der Waals surface area contributed by atoms with Gasteiger partial charge in [-0.2, -0.15) is 0 Å². The molecule has 2 unspecified atom stereocenters. The van der Waals surface area contributed by atoms with Crippen LogP contribution < -0.4 is 5.31 Å². The van der Waals surface area contributed by atoms with Gasteiger partial charge in [0.15, 0.2) is 0 Å². The predicted octanol–water partition coefficient (Wildman–Crippen LogP) is 1.25. The van der Waals surface area contributed by atoms with E-state index in [-0.39, 0.29) is 0 Å². The first kappa shape index (κ1) is 4.80. The predicted molar refractivity (Wildman–Crippen MR) is 35.8 cm³/mol. The minimum Gasteiger partial charge on any atom is -0.316 e. The van der Waals surface area contributed by atoms with E-state index < -0.39 is 0 Å². The van der Waals surface area contributed by atoms with E-state index in [1.807, 2.05) is 0 Å². The highest BCUT2D eigenvalue weighted by molar-refractivity contribution is 4.69. The Kier molecular flexibility index (Phi) is 1.50. The van der Waals surface area contributed by atoms with Crippen LogP contribution in [0, 0.1) is 11.8 Å². The second kappa shape index (κ2) is 2.49. The fourth-order valence-corrected chi connectivity index (χ4v) is 1.35. The minimum atomic E-state index is 0.728. The van der Waals surface area contributed by atoms with Crippen molar-refractivity contribution < 1.29 is 1.41 Å². The molecule has 0 aromatic heterocycles. The topological polar surface area (TPSA) is 12.0 Å². The summed E-state index contributed by atoms with van der Waals surface area (Å²) in [7, 11) is 0. The first-order chi connectivity index (χ1) is 4.18. The molecular formula is C7H15N. The highest BCUT2D eigenvalue weighted by Crippen LogP contribution is 2.13. The van der Waals surface area contributed by atoms with Crippen molar-refractivity contribution in [2.75, 3.05) is 13.1 Å². The number of nitrogens with one attached hydrogen (secondary N) is 1. The third-order valence-electron chi connectivity index (χ3n) is 1.69. The average Bonchev–Trinajstić information content (AvgIpc) is 1.59. The van der Waals surface area contributed by atoms with Crippen LogP contribution in [0.4, 0.5) is 0 Å². The molecule has 2 atom stereocenters. The van der Waals surface area contributed by atoms with E-state index in [4.69, 9.17) is 1.41 Å². The molecule has 0 aromatic rings. The van der Waals surface area contributed by atoms with Crippen molar-refractivity contribution in [3.05, 3.63) is 0 Å². The van der Waals surface area contributed by atoms with Crippen LogP contribution in [-0.2, 0) is 0 Å². The zero-order chi connectivity index (χ0) is 6.85. The molecular weight excluding hydrogens is 98.1 g/mol. The lowest BCUT2D eigenvalue weighted by atomic mass is 9.94. The smallest absolute Gasteiger partial charge is 0.122 e. The summed E-state index contributed by atoms with van der Waals surface area (Å²) in [6, 6.07) is 0. The molecule has 1 heteroatoms. The van der Waals surface area contributed by atoms with E-state index in [9.17, 15) is 0 Å². The van der Waals surface area contributed by atoms with Gasteiger partial charge in [-0.15, -0.1) is 0 Å². The van der Waals surface area contributed by atoms with Crippen LogP contribution in [0.5, 0.6) is 0 Å². The summed E-state index contributed by atoms with van der Waals surface area (Å²) in [5.74, 6) is 1.46. The molecule has 0 spiro atoms. The van der Waals surface area contributed by atoms with Crippen molar-refractivity contribution in [2.45, 2.75) is 20.3 Å². The van der Waals surface area contributed by atoms with Gasteiger partial charge in [-0.25, -0.2) is 0 Å². The second-order valence-corrected chi connectivity index (χ2v) is 3.03. The Labute approximate surface area is 52.9 Å². The van der Waals surface area contributed by atoms with Gasteiger partial charge in [0.2, 0.25) is 0 Å². The monoisotopic (exact) mass is 114 g/mol. The third kappa shape index (κ3) is 1.48. The molecule has 1 saturated heterocycles. The average molecular weight is 114 g/mol. The number of piperidine rings is 1. The molecule has 1 rings (SSSR count). The second-order valence-electron chi connectivity index (χ2n) is 3.03. The van der Waals surface area contributed by atoms with Gasteiger partial charge >= 0.3 is 0 Å². The molecule has 1 N–H and O–H groups in total. The van der Waals surface area contributed by atoms with Crippen LogP contribution in [0.15, 0.2) is 0 Å². The molecule has 1 fully saturated rings. The van der Waals surface area contributed by atoms with Crippen molar-refractivity contribution in [3.8, 4) is 0 Å². The normalized spacial score (nSPS) is 44.0. The first-order valence-corrected chi connectivity index (χ1v) is 3.42. The van der Waals surface area contributed by atoms with Crippen LogP contribution in [0.1, 0.15) is 20.3 Å². The highest BCUT2D eigenvalue weighted by atomic mass is 14.9. The maximum atomic E-state index is 7.37. The van der Waals surface area contributed by atoms with Crippen molar-refractivity contribution in [3.63, 3.8) is 0 Å². The summed E-state index contributed by atoms with van der Waals surface area (Å²) in [6.07, 6.45) is 1.30. The van der Waals surface area contributed by atoms with Gasteiger partial charge in [-0.1, -0.05) is 13.8 Å². The SMILES string of the molecule is [2H]N1CC(C)CC(C)C1. The fraction of sp³-hybridized carbons (Fsp3) is 1.00. The van der Waals surface area contributed by atoms with Crippen LogP contribution >= 0.6 is 0 Å². The Bertz CT molecular complexity index is 69.9. The number of hydrogen-bond donors (Lipinski definition) is 1. The Morgan fingerprint density at radius 1 is 1.38 bits per heavy atom. The Morgan fingerprint density at radius 3 is 2.25 bits per heavy atom. The zero-order valence-electron chi connectivity index (χ0n) is 6.72. The molecule has 0 aliphatic carbocycles. The van der Waals surface area contributed by atoms with E-state index >= 15 is 0 Å². The van der Waals surface area contributed by atoms with Gasteiger partial charge in [0.1, 0.15) is 1.41 Å². The van der Waals surface area contributed by atoms with Crippen LogP contribution in [0.2, 0.25) is 1.41 Å². The van der Waals surface area contributed by atoms with E-state index in [0.717, 1.165) is 24.9 Å². The summed E-state index contributed by atoms with van der Waals surface area (Å²) >= 11 is 0. The lowest BCUT2D eigenvalue weighted by Gasteiger charge is -2.24. The molecule has 8 heavy (non-hydrogen) atoms. The molecule has 0 radical (unpaired) electrons. The third-order valence-corrected chi connectivity index (χ3v) is 1.69. The fourth-order valence-electron chi connectivity index (χ4n) is 1.35. The van der Waals surface area contributed by atoms with Crippen LogP contribution in [-0.4, -0.2) is 13.1 Å². The molecule has 1 nitrogen and oxygen atoms in total. The quantitative estimate of drug-likeness (QED) is 0.500. The maximum Gasteiger partial charge on any atom is 0.122 e. The lowest BCUT2D eigenvalue weighted by molar-refractivity contribution is 0.321. The first-order valence-electron chi connectivity index (χ1n) is 3.87. The van der Waals surface area contributed by atoms with Crippen molar-refractivity contribution in [2.24, 2.45) is 11.8 Å². The maximum absolute atomic E-state index is 7.37. The molecule has 1 aliphatic rings. The van der Waals surface area contributed by atoms with E-state index in [0.29, 0.717) is 0 Å². The van der Waals surface area contributed by atoms with E-state index in [1.165, 1.54) is 6.42 Å². The molecule has 48 valence electrons. The van der Waals surface area contributed by atoms with E-state index in [2.05, 4.69) is 13.8 Å². The van der Waals surface area contributed by atoms with Gasteiger partial charge in [-0.05, 0) is 31.3 Å². The van der Waals surface area contributed by atoms with Gasteiger partial charge in [-0.3, -0.25) is 0 Å². The largest absolute Gasteiger partial charge is 0.316 e. The van der Waals surface area contributed by atoms with Gasteiger partial charge in [0.05, 0.1) is 0 Å². The van der Waals surface area contributed by atoms with Crippen molar-refractivity contribution >= 4 is 0 Å². The number of hydrogen-bond acceptors (Lipinski definition) is 1. The minimum absolute atomic E-state index is 0.728. The van der Waals surface area contributed by atoms with E-state index in [1.54, 1.807) is 5.31 Å². The summed E-state index contributed by atoms with van der Waals surface area (Å²) in [4.78, 5) is 0. The van der Waals surface area contributed by atoms with Crippen LogP contribution in [0.3, 0.4) is 0 Å². The molecule has 1 aliphatic heterocycles. The Balaban J connectivity index is 2.34. The van der Waals surface area contributed by atoms with Crippen LogP contribution in [0.25, 0.3) is 0 Å². The summed E-state index contributed by atoms with van der Waals surface area (Å²) < 4.78 is 7.37. The standard InChI is InChI=1S/C7H15N/c1-6-3-7(2)5-8-4-6/h6-8H,3-5H2,1-2H3/i/hD. The summed E-state index contributed by atoms with van der Waals surface area (Å²) in [6.45, 7) is 6.36. The molecule has 1 heterocycles. The molecule has 0 amide bonds. The highest BCUT2D eigenvalue weighted by Gasteiger charge is 2.12. The van der Waals surface area contributed by atoms with Crippen molar-refractivity contribution in [1.82, 2.24) is 5.31 Å². The summed E-state index contributed by atoms with van der Waals surface area (Å²) in [5.41, 5.74) is 0. The van der Waals surface area contributed by atoms with Gasteiger partial charge < -0.3 is 5.31 Å². The Hall–Kier alpha value is -0.0400.